The Morgan fingerprint density at radius 3 is 2.83 bits per heavy atom. The van der Waals surface area contributed by atoms with Crippen molar-refractivity contribution in [3.8, 4) is 0 Å². The highest BCUT2D eigenvalue weighted by molar-refractivity contribution is 5.86. The monoisotopic (exact) mass is 326 g/mol. The minimum absolute atomic E-state index is 0.0677. The number of rotatable bonds is 6. The molecule has 24 heavy (non-hydrogen) atoms. The molecule has 0 radical (unpaired) electrons. The van der Waals surface area contributed by atoms with E-state index in [0.29, 0.717) is 24.0 Å². The molecule has 126 valence electrons. The van der Waals surface area contributed by atoms with Gasteiger partial charge in [-0.1, -0.05) is 24.3 Å². The lowest BCUT2D eigenvalue weighted by Gasteiger charge is -2.16. The van der Waals surface area contributed by atoms with Crippen molar-refractivity contribution in [1.29, 1.82) is 0 Å². The summed E-state index contributed by atoms with van der Waals surface area (Å²) in [6, 6.07) is 8.21. The van der Waals surface area contributed by atoms with Gasteiger partial charge in [0.25, 0.3) is 0 Å². The standard InChI is InChI=1S/C17H22N6O/c1-11-5-3-4-6-13(11)7-12(10-24)8-19-17-21-15(18)14-9-20-23(2)16(14)22-17/h3-6,9,12,24H,7-8,10H2,1-2H3,(H3,18,19,21,22). The summed E-state index contributed by atoms with van der Waals surface area (Å²) in [7, 11) is 1.81. The predicted octanol–water partition coefficient (Wildman–Crippen LogP) is 1.52. The number of anilines is 2. The third-order valence-electron chi connectivity index (χ3n) is 4.20. The number of aromatic nitrogens is 4. The van der Waals surface area contributed by atoms with Gasteiger partial charge in [0.05, 0.1) is 11.6 Å². The molecule has 2 heterocycles. The highest BCUT2D eigenvalue weighted by Gasteiger charge is 2.13. The van der Waals surface area contributed by atoms with E-state index in [0.717, 1.165) is 11.8 Å². The van der Waals surface area contributed by atoms with Crippen LogP contribution in [-0.4, -0.2) is 38.0 Å². The molecule has 0 aliphatic heterocycles. The third kappa shape index (κ3) is 3.30. The quantitative estimate of drug-likeness (QED) is 0.635. The number of benzene rings is 1. The summed E-state index contributed by atoms with van der Waals surface area (Å²) >= 11 is 0. The molecular weight excluding hydrogens is 304 g/mol. The summed E-state index contributed by atoms with van der Waals surface area (Å²) in [5, 5.41) is 17.7. The molecule has 1 atom stereocenters. The zero-order valence-electron chi connectivity index (χ0n) is 13.9. The Labute approximate surface area is 140 Å². The van der Waals surface area contributed by atoms with Crippen LogP contribution in [0.1, 0.15) is 11.1 Å². The van der Waals surface area contributed by atoms with Crippen molar-refractivity contribution in [2.75, 3.05) is 24.2 Å². The van der Waals surface area contributed by atoms with Gasteiger partial charge in [0.1, 0.15) is 5.82 Å². The number of hydrogen-bond donors (Lipinski definition) is 3. The van der Waals surface area contributed by atoms with E-state index in [1.807, 2.05) is 19.2 Å². The van der Waals surface area contributed by atoms with Gasteiger partial charge in [0.2, 0.25) is 5.95 Å². The lowest BCUT2D eigenvalue weighted by molar-refractivity contribution is 0.232. The molecule has 0 aliphatic carbocycles. The maximum absolute atomic E-state index is 9.67. The van der Waals surface area contributed by atoms with Crippen molar-refractivity contribution in [3.05, 3.63) is 41.6 Å². The number of fused-ring (bicyclic) bond motifs is 1. The van der Waals surface area contributed by atoms with Crippen LogP contribution in [0.2, 0.25) is 0 Å². The fraction of sp³-hybridized carbons (Fsp3) is 0.353. The number of hydrogen-bond acceptors (Lipinski definition) is 6. The lowest BCUT2D eigenvalue weighted by Crippen LogP contribution is -2.22. The van der Waals surface area contributed by atoms with Crippen LogP contribution in [0.3, 0.4) is 0 Å². The first-order valence-corrected chi connectivity index (χ1v) is 7.93. The highest BCUT2D eigenvalue weighted by atomic mass is 16.3. The van der Waals surface area contributed by atoms with Gasteiger partial charge in [-0.05, 0) is 24.5 Å². The number of aliphatic hydroxyl groups is 1. The number of nitrogens with one attached hydrogen (secondary N) is 1. The van der Waals surface area contributed by atoms with Gasteiger partial charge in [-0.25, -0.2) is 0 Å². The first kappa shape index (κ1) is 16.2. The van der Waals surface area contributed by atoms with E-state index in [2.05, 4.69) is 39.4 Å². The van der Waals surface area contributed by atoms with E-state index >= 15 is 0 Å². The molecule has 0 spiro atoms. The van der Waals surface area contributed by atoms with Gasteiger partial charge in [-0.15, -0.1) is 0 Å². The van der Waals surface area contributed by atoms with Crippen LogP contribution in [0.25, 0.3) is 11.0 Å². The number of nitrogen functional groups attached to an aromatic ring is 1. The summed E-state index contributed by atoms with van der Waals surface area (Å²) in [5.41, 5.74) is 9.11. The molecule has 3 rings (SSSR count). The molecule has 4 N–H and O–H groups in total. The predicted molar refractivity (Wildman–Crippen MR) is 94.7 cm³/mol. The van der Waals surface area contributed by atoms with Crippen LogP contribution in [0.5, 0.6) is 0 Å². The fourth-order valence-electron chi connectivity index (χ4n) is 2.71. The van der Waals surface area contributed by atoms with Crippen LogP contribution in [0.4, 0.5) is 11.8 Å². The van der Waals surface area contributed by atoms with Crippen LogP contribution in [-0.2, 0) is 13.5 Å². The van der Waals surface area contributed by atoms with Crippen LogP contribution in [0.15, 0.2) is 30.5 Å². The lowest BCUT2D eigenvalue weighted by atomic mass is 9.97. The zero-order valence-corrected chi connectivity index (χ0v) is 13.9. The maximum Gasteiger partial charge on any atom is 0.226 e. The molecule has 7 heteroatoms. The van der Waals surface area contributed by atoms with Crippen molar-refractivity contribution in [2.45, 2.75) is 13.3 Å². The Hall–Kier alpha value is -2.67. The van der Waals surface area contributed by atoms with Gasteiger partial charge < -0.3 is 16.2 Å². The molecule has 0 fully saturated rings. The first-order valence-electron chi connectivity index (χ1n) is 7.93. The Morgan fingerprint density at radius 1 is 1.29 bits per heavy atom. The zero-order chi connectivity index (χ0) is 17.1. The normalized spacial score (nSPS) is 12.5. The molecule has 0 bridgehead atoms. The van der Waals surface area contributed by atoms with Crippen molar-refractivity contribution in [2.24, 2.45) is 13.0 Å². The highest BCUT2D eigenvalue weighted by Crippen LogP contribution is 2.19. The average Bonchev–Trinajstić information content (AvgIpc) is 2.95. The van der Waals surface area contributed by atoms with E-state index in [-0.39, 0.29) is 12.5 Å². The smallest absolute Gasteiger partial charge is 0.226 e. The Balaban J connectivity index is 1.71. The van der Waals surface area contributed by atoms with E-state index in [1.54, 1.807) is 10.9 Å². The summed E-state index contributed by atoms with van der Waals surface area (Å²) in [6.07, 6.45) is 2.45. The summed E-state index contributed by atoms with van der Waals surface area (Å²) in [5.74, 6) is 0.917. The molecule has 1 unspecified atom stereocenters. The topological polar surface area (TPSA) is 102 Å². The third-order valence-corrected chi connectivity index (χ3v) is 4.20. The van der Waals surface area contributed by atoms with E-state index in [1.165, 1.54) is 11.1 Å². The maximum atomic E-state index is 9.67. The summed E-state index contributed by atoms with van der Waals surface area (Å²) in [4.78, 5) is 8.71. The summed E-state index contributed by atoms with van der Waals surface area (Å²) in [6.45, 7) is 2.73. The van der Waals surface area contributed by atoms with Crippen molar-refractivity contribution in [3.63, 3.8) is 0 Å². The van der Waals surface area contributed by atoms with Crippen molar-refractivity contribution < 1.29 is 5.11 Å². The largest absolute Gasteiger partial charge is 0.396 e. The van der Waals surface area contributed by atoms with Crippen molar-refractivity contribution >= 4 is 22.8 Å². The van der Waals surface area contributed by atoms with Gasteiger partial charge in [0, 0.05) is 26.1 Å². The molecule has 7 nitrogen and oxygen atoms in total. The number of aliphatic hydroxyl groups excluding tert-OH is 1. The molecule has 0 aliphatic rings. The van der Waals surface area contributed by atoms with Gasteiger partial charge >= 0.3 is 0 Å². The first-order chi connectivity index (χ1) is 11.6. The minimum atomic E-state index is 0.0677. The second kappa shape index (κ2) is 6.84. The molecular formula is C17H22N6O. The fourth-order valence-corrected chi connectivity index (χ4v) is 2.71. The molecule has 0 saturated heterocycles. The minimum Gasteiger partial charge on any atom is -0.396 e. The molecule has 2 aromatic heterocycles. The average molecular weight is 326 g/mol. The van der Waals surface area contributed by atoms with Crippen LogP contribution >= 0.6 is 0 Å². The molecule has 0 saturated carbocycles. The van der Waals surface area contributed by atoms with Crippen molar-refractivity contribution in [1.82, 2.24) is 19.7 Å². The van der Waals surface area contributed by atoms with Crippen LogP contribution < -0.4 is 11.1 Å². The Kier molecular flexibility index (Phi) is 4.61. The number of nitrogens with zero attached hydrogens (tertiary/aromatic N) is 4. The number of nitrogens with two attached hydrogens (primary N) is 1. The SMILES string of the molecule is Cc1ccccc1CC(CO)CNc1nc(N)c2cnn(C)c2n1. The van der Waals surface area contributed by atoms with E-state index < -0.39 is 0 Å². The van der Waals surface area contributed by atoms with Gasteiger partial charge in [0.15, 0.2) is 5.65 Å². The molecule has 3 aromatic rings. The van der Waals surface area contributed by atoms with E-state index in [4.69, 9.17) is 5.73 Å². The van der Waals surface area contributed by atoms with Crippen LogP contribution in [0, 0.1) is 12.8 Å². The number of aryl methyl sites for hydroxylation is 2. The van der Waals surface area contributed by atoms with Gasteiger partial charge in [-0.3, -0.25) is 4.68 Å². The second-order valence-electron chi connectivity index (χ2n) is 6.00. The van der Waals surface area contributed by atoms with E-state index in [9.17, 15) is 5.11 Å². The Bertz CT molecular complexity index is 844. The second-order valence-corrected chi connectivity index (χ2v) is 6.00. The molecule has 1 aromatic carbocycles. The summed E-state index contributed by atoms with van der Waals surface area (Å²) < 4.78 is 1.66. The Morgan fingerprint density at radius 2 is 2.08 bits per heavy atom. The molecule has 0 amide bonds. The van der Waals surface area contributed by atoms with Gasteiger partial charge in [-0.2, -0.15) is 15.1 Å².